The lowest BCUT2D eigenvalue weighted by Crippen LogP contribution is -2.54. The molecule has 250 valence electrons. The SMILES string of the molecule is CCOC(=O)C(Cc1ccc(N2CCCCS2(=O)=O)cc1)(OC[C@H]1O[C@@H](n2cnc3c(N)nc(Cl)nc32)[C@@H](F)[C@@H]1O)C(=O)OCC. The van der Waals surface area contributed by atoms with Gasteiger partial charge in [0.05, 0.1) is 37.6 Å². The number of aliphatic hydroxyl groups excluding tert-OH is 1. The van der Waals surface area contributed by atoms with E-state index in [0.29, 0.717) is 30.6 Å². The van der Waals surface area contributed by atoms with Gasteiger partial charge in [-0.2, -0.15) is 9.97 Å². The largest absolute Gasteiger partial charge is 0.463 e. The van der Waals surface area contributed by atoms with Crippen molar-refractivity contribution < 1.29 is 46.5 Å². The van der Waals surface area contributed by atoms with Gasteiger partial charge in [0.2, 0.25) is 15.3 Å². The molecule has 3 N–H and O–H groups in total. The van der Waals surface area contributed by atoms with E-state index < -0.39 is 58.8 Å². The zero-order valence-corrected chi connectivity index (χ0v) is 26.6. The molecule has 5 rings (SSSR count). The standard InChI is InChI=1S/C28H34ClFN6O9S/c1-3-42-25(38)28(26(39)43-4-2,13-16-7-9-17(10-8-16)36-11-5-6-12-46(36,40)41)44-14-18-21(37)19(30)24(45-18)35-15-32-20-22(31)33-27(29)34-23(20)35/h7-10,15,18-19,21,24,37H,3-6,11-14H2,1-2H3,(H2,31,33,34)/t18-,19+,21-,24-/m1/s1. The molecule has 4 atom stereocenters. The number of carbonyl (C=O) groups is 2. The van der Waals surface area contributed by atoms with Crippen LogP contribution in [0.1, 0.15) is 38.5 Å². The second-order valence-corrected chi connectivity index (χ2v) is 13.1. The molecule has 2 aromatic heterocycles. The number of benzene rings is 1. The molecule has 0 radical (unpaired) electrons. The first-order valence-corrected chi connectivity index (χ1v) is 16.6. The van der Waals surface area contributed by atoms with Gasteiger partial charge in [0.1, 0.15) is 17.7 Å². The molecule has 18 heteroatoms. The van der Waals surface area contributed by atoms with Gasteiger partial charge in [-0.25, -0.2) is 27.4 Å². The molecular formula is C28H34ClFN6O9S. The lowest BCUT2D eigenvalue weighted by Gasteiger charge is -2.31. The third-order valence-corrected chi connectivity index (χ3v) is 9.76. The fourth-order valence-corrected chi connectivity index (χ4v) is 7.24. The Morgan fingerprint density at radius 2 is 1.83 bits per heavy atom. The molecule has 3 aromatic rings. The Kier molecular flexibility index (Phi) is 9.97. The number of imidazole rings is 1. The van der Waals surface area contributed by atoms with Gasteiger partial charge in [-0.3, -0.25) is 8.87 Å². The quantitative estimate of drug-likeness (QED) is 0.168. The summed E-state index contributed by atoms with van der Waals surface area (Å²) >= 11 is 5.93. The van der Waals surface area contributed by atoms with E-state index in [1.165, 1.54) is 15.2 Å². The Labute approximate surface area is 268 Å². The average Bonchev–Trinajstić information content (AvgIpc) is 3.56. The number of alkyl halides is 1. The van der Waals surface area contributed by atoms with E-state index in [2.05, 4.69) is 15.0 Å². The third-order valence-electron chi connectivity index (χ3n) is 7.72. The van der Waals surface area contributed by atoms with E-state index >= 15 is 4.39 Å². The van der Waals surface area contributed by atoms with Crippen molar-refractivity contribution in [2.24, 2.45) is 0 Å². The van der Waals surface area contributed by atoms with Crippen LogP contribution in [0.15, 0.2) is 30.6 Å². The van der Waals surface area contributed by atoms with Crippen molar-refractivity contribution in [3.63, 3.8) is 0 Å². The lowest BCUT2D eigenvalue weighted by molar-refractivity contribution is -0.197. The number of hydrogen-bond donors (Lipinski definition) is 2. The summed E-state index contributed by atoms with van der Waals surface area (Å²) in [4.78, 5) is 38.8. The van der Waals surface area contributed by atoms with Gasteiger partial charge < -0.3 is 29.8 Å². The summed E-state index contributed by atoms with van der Waals surface area (Å²) in [6.07, 6.45) is -4.48. The predicted molar refractivity (Wildman–Crippen MR) is 162 cm³/mol. The minimum atomic E-state index is -3.46. The summed E-state index contributed by atoms with van der Waals surface area (Å²) in [7, 11) is -3.46. The number of nitrogen functional groups attached to an aromatic ring is 1. The fourth-order valence-electron chi connectivity index (χ4n) is 5.42. The number of aromatic nitrogens is 4. The van der Waals surface area contributed by atoms with E-state index in [4.69, 9.17) is 36.3 Å². The minimum absolute atomic E-state index is 0.0400. The van der Waals surface area contributed by atoms with E-state index in [-0.39, 0.29) is 47.7 Å². The highest BCUT2D eigenvalue weighted by atomic mass is 35.5. The number of halogens is 2. The molecule has 2 aliphatic heterocycles. The highest BCUT2D eigenvalue weighted by Gasteiger charge is 2.53. The van der Waals surface area contributed by atoms with Crippen LogP contribution in [0.25, 0.3) is 11.2 Å². The van der Waals surface area contributed by atoms with E-state index in [1.807, 2.05) is 0 Å². The zero-order chi connectivity index (χ0) is 33.2. The maximum atomic E-state index is 15.5. The van der Waals surface area contributed by atoms with Crippen LogP contribution >= 0.6 is 11.6 Å². The molecule has 0 unspecified atom stereocenters. The van der Waals surface area contributed by atoms with Gasteiger partial charge in [0, 0.05) is 13.0 Å². The van der Waals surface area contributed by atoms with Crippen LogP contribution in [-0.2, 0) is 45.0 Å². The van der Waals surface area contributed by atoms with Gasteiger partial charge in [-0.1, -0.05) is 12.1 Å². The number of rotatable bonds is 11. The Morgan fingerprint density at radius 1 is 1.15 bits per heavy atom. The van der Waals surface area contributed by atoms with Gasteiger partial charge >= 0.3 is 11.9 Å². The fraction of sp³-hybridized carbons (Fsp3) is 0.536. The number of anilines is 2. The highest BCUT2D eigenvalue weighted by Crippen LogP contribution is 2.36. The predicted octanol–water partition coefficient (Wildman–Crippen LogP) is 1.71. The Bertz CT molecular complexity index is 1670. The second kappa shape index (κ2) is 13.6. The van der Waals surface area contributed by atoms with Crippen molar-refractivity contribution in [3.8, 4) is 0 Å². The van der Waals surface area contributed by atoms with E-state index in [0.717, 1.165) is 0 Å². The molecule has 4 heterocycles. The van der Waals surface area contributed by atoms with Crippen molar-refractivity contribution in [2.75, 3.05) is 42.2 Å². The maximum Gasteiger partial charge on any atom is 0.350 e. The summed E-state index contributed by atoms with van der Waals surface area (Å²) in [5.74, 6) is -2.14. The summed E-state index contributed by atoms with van der Waals surface area (Å²) < 4.78 is 65.3. The van der Waals surface area contributed by atoms with Gasteiger partial charge in [0.15, 0.2) is 23.9 Å². The van der Waals surface area contributed by atoms with Gasteiger partial charge in [-0.05, 0) is 56.0 Å². The average molecular weight is 685 g/mol. The molecule has 0 bridgehead atoms. The lowest BCUT2D eigenvalue weighted by atomic mass is 9.93. The van der Waals surface area contributed by atoms with Crippen LogP contribution in [0.4, 0.5) is 15.9 Å². The summed E-state index contributed by atoms with van der Waals surface area (Å²) in [6.45, 7) is 2.58. The Hall–Kier alpha value is -3.64. The number of fused-ring (bicyclic) bond motifs is 1. The summed E-state index contributed by atoms with van der Waals surface area (Å²) in [6, 6.07) is 6.26. The van der Waals surface area contributed by atoms with Crippen LogP contribution in [0.3, 0.4) is 0 Å². The van der Waals surface area contributed by atoms with Crippen LogP contribution in [0.5, 0.6) is 0 Å². The van der Waals surface area contributed by atoms with E-state index in [9.17, 15) is 23.1 Å². The van der Waals surface area contributed by atoms with Crippen molar-refractivity contribution in [1.29, 1.82) is 0 Å². The molecule has 46 heavy (non-hydrogen) atoms. The first-order valence-electron chi connectivity index (χ1n) is 14.6. The van der Waals surface area contributed by atoms with Crippen molar-refractivity contribution in [1.82, 2.24) is 19.5 Å². The number of sulfonamides is 1. The molecule has 15 nitrogen and oxygen atoms in total. The van der Waals surface area contributed by atoms with Crippen LogP contribution in [-0.4, -0.2) is 101 Å². The maximum absolute atomic E-state index is 15.5. The number of ether oxygens (including phenoxy) is 4. The van der Waals surface area contributed by atoms with Crippen LogP contribution in [0.2, 0.25) is 5.28 Å². The number of esters is 2. The molecule has 0 saturated carbocycles. The Morgan fingerprint density at radius 3 is 2.46 bits per heavy atom. The monoisotopic (exact) mass is 684 g/mol. The van der Waals surface area contributed by atoms with E-state index in [1.54, 1.807) is 38.1 Å². The minimum Gasteiger partial charge on any atom is -0.463 e. The topological polar surface area (TPSA) is 198 Å². The number of nitrogens with zero attached hydrogens (tertiary/aromatic N) is 5. The van der Waals surface area contributed by atoms with Crippen LogP contribution < -0.4 is 10.0 Å². The molecule has 1 aromatic carbocycles. The number of hydrogen-bond acceptors (Lipinski definition) is 13. The van der Waals surface area contributed by atoms with Crippen LogP contribution in [0, 0.1) is 0 Å². The molecule has 2 saturated heterocycles. The normalized spacial score (nSPS) is 23.0. The molecular weight excluding hydrogens is 651 g/mol. The summed E-state index contributed by atoms with van der Waals surface area (Å²) in [5.41, 5.74) is 4.52. The second-order valence-electron chi connectivity index (χ2n) is 10.7. The van der Waals surface area contributed by atoms with Gasteiger partial charge in [-0.15, -0.1) is 0 Å². The molecule has 0 spiro atoms. The Balaban J connectivity index is 1.41. The first-order chi connectivity index (χ1) is 21.9. The molecule has 0 aliphatic carbocycles. The third kappa shape index (κ3) is 6.46. The smallest absolute Gasteiger partial charge is 0.350 e. The number of nitrogens with two attached hydrogens (primary N) is 1. The van der Waals surface area contributed by atoms with Crippen molar-refractivity contribution in [2.45, 2.75) is 63.3 Å². The molecule has 0 amide bonds. The van der Waals surface area contributed by atoms with Crippen molar-refractivity contribution >= 4 is 56.2 Å². The number of carbonyl (C=O) groups excluding carboxylic acids is 2. The molecule has 2 fully saturated rings. The highest BCUT2D eigenvalue weighted by molar-refractivity contribution is 7.92. The van der Waals surface area contributed by atoms with Crippen molar-refractivity contribution in [3.05, 3.63) is 41.4 Å². The zero-order valence-electron chi connectivity index (χ0n) is 25.0. The van der Waals surface area contributed by atoms with Gasteiger partial charge in [0.25, 0.3) is 5.60 Å². The first kappa shape index (κ1) is 33.7. The summed E-state index contributed by atoms with van der Waals surface area (Å²) in [5, 5.41) is 10.6. The number of aliphatic hydroxyl groups is 1. The molecule has 2 aliphatic rings.